The van der Waals surface area contributed by atoms with E-state index in [2.05, 4.69) is 9.88 Å². The van der Waals surface area contributed by atoms with Crippen molar-refractivity contribution in [2.24, 2.45) is 5.92 Å². The number of aromatic nitrogens is 1. The fourth-order valence-corrected chi connectivity index (χ4v) is 3.02. The first kappa shape index (κ1) is 19.2. The highest BCUT2D eigenvalue weighted by molar-refractivity contribution is 5.71. The molecule has 0 radical (unpaired) electrons. The predicted octanol–water partition coefficient (Wildman–Crippen LogP) is 3.27. The molecule has 1 N–H and O–H groups in total. The van der Waals surface area contributed by atoms with E-state index < -0.39 is 5.97 Å². The van der Waals surface area contributed by atoms with Gasteiger partial charge in [0.2, 0.25) is 0 Å². The summed E-state index contributed by atoms with van der Waals surface area (Å²) in [5, 5.41) is 8.94. The molecule has 144 valence electrons. The van der Waals surface area contributed by atoms with Crippen LogP contribution in [0.2, 0.25) is 0 Å². The van der Waals surface area contributed by atoms with E-state index in [9.17, 15) is 4.79 Å². The van der Waals surface area contributed by atoms with Gasteiger partial charge in [0.1, 0.15) is 18.1 Å². The predicted molar refractivity (Wildman–Crippen MR) is 102 cm³/mol. The second-order valence-electron chi connectivity index (χ2n) is 7.21. The molecule has 1 aromatic heterocycles. The number of aliphatic carboxylic acids is 1. The molecule has 6 nitrogen and oxygen atoms in total. The third-order valence-electron chi connectivity index (χ3n) is 4.48. The van der Waals surface area contributed by atoms with E-state index in [1.165, 1.54) is 0 Å². The van der Waals surface area contributed by atoms with Crippen LogP contribution in [0.25, 0.3) is 0 Å². The van der Waals surface area contributed by atoms with Crippen molar-refractivity contribution in [3.63, 3.8) is 0 Å². The molecule has 0 spiro atoms. The lowest BCUT2D eigenvalue weighted by atomic mass is 10.0. The summed E-state index contributed by atoms with van der Waals surface area (Å²) in [6, 6.07) is 11.8. The molecule has 27 heavy (non-hydrogen) atoms. The van der Waals surface area contributed by atoms with E-state index in [1.807, 2.05) is 57.2 Å². The van der Waals surface area contributed by atoms with E-state index in [4.69, 9.17) is 14.6 Å². The summed E-state index contributed by atoms with van der Waals surface area (Å²) in [6.45, 7) is 8.24. The summed E-state index contributed by atoms with van der Waals surface area (Å²) in [5.41, 5.74) is 2.83. The Kier molecular flexibility index (Phi) is 5.96. The molecular formula is C21H26N2O4. The molecule has 3 rings (SSSR count). The molecule has 1 aliphatic rings. The highest BCUT2D eigenvalue weighted by Gasteiger charge is 2.32. The number of carboxylic acid groups (broad SMARTS) is 1. The molecule has 0 amide bonds. The van der Waals surface area contributed by atoms with Crippen molar-refractivity contribution >= 4 is 5.97 Å². The third-order valence-corrected chi connectivity index (χ3v) is 4.48. The van der Waals surface area contributed by atoms with E-state index in [1.54, 1.807) is 0 Å². The summed E-state index contributed by atoms with van der Waals surface area (Å²) < 4.78 is 11.5. The maximum Gasteiger partial charge on any atom is 0.309 e. The molecular weight excluding hydrogens is 344 g/mol. The van der Waals surface area contributed by atoms with Crippen molar-refractivity contribution in [1.82, 2.24) is 9.88 Å². The Morgan fingerprint density at radius 3 is 2.52 bits per heavy atom. The Hall–Kier alpha value is -2.60. The van der Waals surface area contributed by atoms with Crippen LogP contribution in [0.1, 0.15) is 30.8 Å². The first-order chi connectivity index (χ1) is 12.9. The Labute approximate surface area is 159 Å². The van der Waals surface area contributed by atoms with Crippen LogP contribution in [0.15, 0.2) is 36.4 Å². The number of carbonyl (C=O) groups is 1. The highest BCUT2D eigenvalue weighted by Crippen LogP contribution is 2.22. The first-order valence-corrected chi connectivity index (χ1v) is 9.21. The Bertz CT molecular complexity index is 783. The van der Waals surface area contributed by atoms with E-state index in [0.29, 0.717) is 26.2 Å². The van der Waals surface area contributed by atoms with Crippen molar-refractivity contribution in [2.75, 3.05) is 13.1 Å². The number of pyridine rings is 1. The van der Waals surface area contributed by atoms with Gasteiger partial charge in [-0.05, 0) is 50.6 Å². The van der Waals surface area contributed by atoms with Crippen LogP contribution in [0.4, 0.5) is 0 Å². The van der Waals surface area contributed by atoms with E-state index in [0.717, 1.165) is 28.5 Å². The minimum atomic E-state index is -0.720. The van der Waals surface area contributed by atoms with Crippen LogP contribution >= 0.6 is 0 Å². The number of carboxylic acids is 1. The fraction of sp³-hybridized carbons (Fsp3) is 0.429. The largest absolute Gasteiger partial charge is 0.491 e. The Morgan fingerprint density at radius 2 is 1.93 bits per heavy atom. The smallest absolute Gasteiger partial charge is 0.309 e. The van der Waals surface area contributed by atoms with Gasteiger partial charge in [0.25, 0.3) is 0 Å². The number of ether oxygens (including phenoxy) is 2. The van der Waals surface area contributed by atoms with E-state index in [-0.39, 0.29) is 12.0 Å². The van der Waals surface area contributed by atoms with Gasteiger partial charge in [-0.25, -0.2) is 0 Å². The summed E-state index contributed by atoms with van der Waals surface area (Å²) in [7, 11) is 0. The molecule has 0 saturated carbocycles. The average Bonchev–Trinajstić information content (AvgIpc) is 2.57. The van der Waals surface area contributed by atoms with Crippen molar-refractivity contribution in [1.29, 1.82) is 0 Å². The van der Waals surface area contributed by atoms with Gasteiger partial charge < -0.3 is 14.6 Å². The standard InChI is InChI=1S/C21H26N2O4/c1-14(2)27-19-7-4-16(5-8-19)13-26-20-9-6-18(22-15(20)3)12-23-10-17(11-23)21(24)25/h4-9,14,17H,10-13H2,1-3H3,(H,24,25). The van der Waals surface area contributed by atoms with Crippen LogP contribution in [-0.4, -0.2) is 40.2 Å². The van der Waals surface area contributed by atoms with Gasteiger partial charge in [-0.1, -0.05) is 12.1 Å². The molecule has 1 aromatic carbocycles. The lowest BCUT2D eigenvalue weighted by Gasteiger charge is -2.36. The molecule has 1 aliphatic heterocycles. The van der Waals surface area contributed by atoms with Gasteiger partial charge in [-0.15, -0.1) is 0 Å². The lowest BCUT2D eigenvalue weighted by Crippen LogP contribution is -2.49. The molecule has 0 atom stereocenters. The second-order valence-corrected chi connectivity index (χ2v) is 7.21. The molecule has 2 aromatic rings. The Balaban J connectivity index is 1.51. The summed E-state index contributed by atoms with van der Waals surface area (Å²) in [5.74, 6) is 0.648. The molecule has 2 heterocycles. The second kappa shape index (κ2) is 8.39. The topological polar surface area (TPSA) is 71.9 Å². The summed E-state index contributed by atoms with van der Waals surface area (Å²) in [4.78, 5) is 17.5. The molecule has 6 heteroatoms. The average molecular weight is 370 g/mol. The Morgan fingerprint density at radius 1 is 1.22 bits per heavy atom. The zero-order valence-corrected chi connectivity index (χ0v) is 16.0. The van der Waals surface area contributed by atoms with E-state index >= 15 is 0 Å². The summed E-state index contributed by atoms with van der Waals surface area (Å²) >= 11 is 0. The minimum Gasteiger partial charge on any atom is -0.491 e. The lowest BCUT2D eigenvalue weighted by molar-refractivity contribution is -0.147. The number of rotatable bonds is 8. The van der Waals surface area contributed by atoms with Gasteiger partial charge >= 0.3 is 5.97 Å². The number of likely N-dealkylation sites (tertiary alicyclic amines) is 1. The van der Waals surface area contributed by atoms with Crippen LogP contribution in [0.3, 0.4) is 0 Å². The molecule has 0 bridgehead atoms. The van der Waals surface area contributed by atoms with Crippen molar-refractivity contribution in [3.8, 4) is 11.5 Å². The summed E-state index contributed by atoms with van der Waals surface area (Å²) in [6.07, 6.45) is 0.158. The monoisotopic (exact) mass is 370 g/mol. The molecule has 1 saturated heterocycles. The van der Waals surface area contributed by atoms with Crippen LogP contribution in [0.5, 0.6) is 11.5 Å². The highest BCUT2D eigenvalue weighted by atomic mass is 16.5. The van der Waals surface area contributed by atoms with Gasteiger partial charge in [0, 0.05) is 19.6 Å². The molecule has 0 unspecified atom stereocenters. The molecule has 1 fully saturated rings. The first-order valence-electron chi connectivity index (χ1n) is 9.21. The van der Waals surface area contributed by atoms with Crippen LogP contribution in [-0.2, 0) is 17.9 Å². The zero-order valence-electron chi connectivity index (χ0n) is 16.0. The SMILES string of the molecule is Cc1nc(CN2CC(C(=O)O)C2)ccc1OCc1ccc(OC(C)C)cc1. The van der Waals surface area contributed by atoms with Crippen LogP contribution < -0.4 is 9.47 Å². The van der Waals surface area contributed by atoms with Gasteiger partial charge in [-0.3, -0.25) is 14.7 Å². The van der Waals surface area contributed by atoms with Crippen molar-refractivity contribution in [2.45, 2.75) is 40.0 Å². The number of benzene rings is 1. The van der Waals surface area contributed by atoms with Crippen LogP contribution in [0, 0.1) is 12.8 Å². The number of hydrogen-bond acceptors (Lipinski definition) is 5. The maximum atomic E-state index is 10.9. The van der Waals surface area contributed by atoms with Gasteiger partial charge in [-0.2, -0.15) is 0 Å². The van der Waals surface area contributed by atoms with Gasteiger partial charge in [0.05, 0.1) is 23.4 Å². The maximum absolute atomic E-state index is 10.9. The van der Waals surface area contributed by atoms with Crippen molar-refractivity contribution < 1.29 is 19.4 Å². The minimum absolute atomic E-state index is 0.158. The molecule has 0 aliphatic carbocycles. The van der Waals surface area contributed by atoms with Gasteiger partial charge in [0.15, 0.2) is 0 Å². The van der Waals surface area contributed by atoms with Crippen molar-refractivity contribution in [3.05, 3.63) is 53.3 Å². The number of aryl methyl sites for hydroxylation is 1. The number of hydrogen-bond donors (Lipinski definition) is 1. The number of nitrogens with zero attached hydrogens (tertiary/aromatic N) is 2. The quantitative estimate of drug-likeness (QED) is 0.769. The zero-order chi connectivity index (χ0) is 19.4. The fourth-order valence-electron chi connectivity index (χ4n) is 3.02. The normalized spacial score (nSPS) is 14.8. The third kappa shape index (κ3) is 5.20.